The molecule has 0 radical (unpaired) electrons. The van der Waals surface area contributed by atoms with E-state index in [1.165, 1.54) is 0 Å². The van der Waals surface area contributed by atoms with Crippen LogP contribution in [0.1, 0.15) is 46.5 Å². The molecule has 0 unspecified atom stereocenters. The summed E-state index contributed by atoms with van der Waals surface area (Å²) in [5.74, 6) is -3.73. The summed E-state index contributed by atoms with van der Waals surface area (Å²) in [6.45, 7) is 4.41. The molecule has 0 saturated heterocycles. The van der Waals surface area contributed by atoms with E-state index in [1.54, 1.807) is 20.8 Å². The molecule has 0 aliphatic carbocycles. The number of primary amides is 2. The van der Waals surface area contributed by atoms with E-state index in [4.69, 9.17) is 16.2 Å². The fourth-order valence-corrected chi connectivity index (χ4v) is 2.19. The third kappa shape index (κ3) is 13.5. The first kappa shape index (κ1) is 27.6. The highest BCUT2D eigenvalue weighted by molar-refractivity contribution is 5.93. The van der Waals surface area contributed by atoms with Crippen molar-refractivity contribution in [3.05, 3.63) is 0 Å². The lowest BCUT2D eigenvalue weighted by Gasteiger charge is -2.25. The van der Waals surface area contributed by atoms with Crippen LogP contribution in [0.25, 0.3) is 0 Å². The molecule has 2 atom stereocenters. The maximum Gasteiger partial charge on any atom is 0.408 e. The second-order valence-electron chi connectivity index (χ2n) is 7.56. The minimum absolute atomic E-state index is 0.160. The molecule has 13 heteroatoms. The predicted molar refractivity (Wildman–Crippen MR) is 107 cm³/mol. The van der Waals surface area contributed by atoms with Crippen molar-refractivity contribution >= 4 is 35.7 Å². The van der Waals surface area contributed by atoms with Gasteiger partial charge in [0.15, 0.2) is 0 Å². The zero-order valence-electron chi connectivity index (χ0n) is 18.1. The van der Waals surface area contributed by atoms with Crippen molar-refractivity contribution in [2.24, 2.45) is 11.5 Å². The minimum atomic E-state index is -1.26. The van der Waals surface area contributed by atoms with Gasteiger partial charge in [0.05, 0.1) is 7.11 Å². The number of hydrogen-bond acceptors (Lipinski definition) is 8. The monoisotopic (exact) mass is 445 g/mol. The fourth-order valence-electron chi connectivity index (χ4n) is 2.19. The smallest absolute Gasteiger partial charge is 0.408 e. The summed E-state index contributed by atoms with van der Waals surface area (Å²) in [7, 11) is 1.13. The molecule has 0 bridgehead atoms. The van der Waals surface area contributed by atoms with Crippen molar-refractivity contribution in [2.75, 3.05) is 13.7 Å². The third-order valence-electron chi connectivity index (χ3n) is 3.63. The zero-order valence-corrected chi connectivity index (χ0v) is 18.1. The van der Waals surface area contributed by atoms with Crippen LogP contribution >= 0.6 is 0 Å². The minimum Gasteiger partial charge on any atom is -0.468 e. The number of ether oxygens (including phenoxy) is 2. The summed E-state index contributed by atoms with van der Waals surface area (Å²) in [5, 5.41) is 6.95. The molecule has 5 amide bonds. The first-order valence-electron chi connectivity index (χ1n) is 9.46. The number of carbonyl (C=O) groups is 6. The molecular formula is C18H31N5O8. The number of nitrogens with two attached hydrogens (primary N) is 2. The molecule has 176 valence electrons. The Morgan fingerprint density at radius 1 is 0.839 bits per heavy atom. The molecule has 0 aromatic carbocycles. The Morgan fingerprint density at radius 3 is 1.74 bits per heavy atom. The normalized spacial score (nSPS) is 12.6. The second-order valence-corrected chi connectivity index (χ2v) is 7.56. The average Bonchev–Trinajstić information content (AvgIpc) is 2.63. The third-order valence-corrected chi connectivity index (χ3v) is 3.63. The van der Waals surface area contributed by atoms with E-state index in [1.807, 2.05) is 0 Å². The van der Waals surface area contributed by atoms with Crippen molar-refractivity contribution in [3.63, 3.8) is 0 Å². The number of methoxy groups -OCH3 is 1. The Hall–Kier alpha value is -3.38. The lowest BCUT2D eigenvalue weighted by molar-refractivity contribution is -0.141. The van der Waals surface area contributed by atoms with E-state index in [0.29, 0.717) is 0 Å². The van der Waals surface area contributed by atoms with Crippen molar-refractivity contribution < 1.29 is 38.2 Å². The van der Waals surface area contributed by atoms with Crippen LogP contribution in [0.3, 0.4) is 0 Å². The first-order chi connectivity index (χ1) is 14.2. The number of amides is 5. The van der Waals surface area contributed by atoms with Gasteiger partial charge >= 0.3 is 12.1 Å². The molecular weight excluding hydrogens is 414 g/mol. The Labute approximate surface area is 179 Å². The van der Waals surface area contributed by atoms with Crippen LogP contribution in [0, 0.1) is 0 Å². The number of hydrogen-bond donors (Lipinski definition) is 5. The van der Waals surface area contributed by atoms with E-state index in [0.717, 1.165) is 7.11 Å². The van der Waals surface area contributed by atoms with Gasteiger partial charge in [0, 0.05) is 12.8 Å². The number of esters is 1. The first-order valence-corrected chi connectivity index (χ1v) is 9.46. The maximum atomic E-state index is 12.7. The summed E-state index contributed by atoms with van der Waals surface area (Å²) in [6, 6.07) is -2.51. The number of carbonyl (C=O) groups excluding carboxylic acids is 6. The Morgan fingerprint density at radius 2 is 1.32 bits per heavy atom. The molecule has 0 saturated carbocycles. The van der Waals surface area contributed by atoms with E-state index >= 15 is 0 Å². The Kier molecular flexibility index (Phi) is 11.6. The molecule has 31 heavy (non-hydrogen) atoms. The van der Waals surface area contributed by atoms with Crippen LogP contribution in [-0.4, -0.2) is 67.0 Å². The van der Waals surface area contributed by atoms with Crippen molar-refractivity contribution in [1.29, 1.82) is 0 Å². The molecule has 0 fully saturated rings. The number of alkyl carbamates (subject to hydrolysis) is 1. The molecule has 0 aliphatic heterocycles. The lowest BCUT2D eigenvalue weighted by Crippen LogP contribution is -2.55. The van der Waals surface area contributed by atoms with Crippen molar-refractivity contribution in [2.45, 2.75) is 64.1 Å². The van der Waals surface area contributed by atoms with Gasteiger partial charge in [-0.3, -0.25) is 24.0 Å². The van der Waals surface area contributed by atoms with Crippen molar-refractivity contribution in [3.8, 4) is 0 Å². The number of nitrogens with one attached hydrogen (secondary N) is 3. The Bertz CT molecular complexity index is 689. The van der Waals surface area contributed by atoms with Gasteiger partial charge in [-0.15, -0.1) is 0 Å². The summed E-state index contributed by atoms with van der Waals surface area (Å²) in [6.07, 6.45) is -1.70. The highest BCUT2D eigenvalue weighted by atomic mass is 16.6. The van der Waals surface area contributed by atoms with E-state index < -0.39 is 59.9 Å². The predicted octanol–water partition coefficient (Wildman–Crippen LogP) is -1.82. The molecule has 7 N–H and O–H groups in total. The maximum absolute atomic E-state index is 12.7. The largest absolute Gasteiger partial charge is 0.468 e. The standard InChI is InChI=1S/C18H31N5O8/c1-18(2,3)31-17(29)23-11(6-8-13(20)25)16(28)22-10(5-7-12(19)24)15(27)21-9-14(26)30-4/h10-11H,5-9H2,1-4H3,(H2,19,24)(H2,20,25)(H,21,27)(H,22,28)(H,23,29)/t10-,11-/m0/s1. The van der Waals surface area contributed by atoms with Crippen LogP contribution in [0.4, 0.5) is 4.79 Å². The molecule has 0 aromatic rings. The molecule has 0 aromatic heterocycles. The van der Waals surface area contributed by atoms with Gasteiger partial charge in [-0.25, -0.2) is 4.79 Å². The Balaban J connectivity index is 5.33. The van der Waals surface area contributed by atoms with Crippen LogP contribution in [0.2, 0.25) is 0 Å². The van der Waals surface area contributed by atoms with E-state index in [-0.39, 0.29) is 25.7 Å². The summed E-state index contributed by atoms with van der Waals surface area (Å²) in [4.78, 5) is 70.5. The van der Waals surface area contributed by atoms with Crippen LogP contribution in [0.5, 0.6) is 0 Å². The van der Waals surface area contributed by atoms with Gasteiger partial charge in [-0.05, 0) is 33.6 Å². The van der Waals surface area contributed by atoms with Crippen LogP contribution in [-0.2, 0) is 33.4 Å². The second kappa shape index (κ2) is 13.0. The highest BCUT2D eigenvalue weighted by Crippen LogP contribution is 2.08. The quantitative estimate of drug-likeness (QED) is 0.215. The molecule has 0 spiro atoms. The lowest BCUT2D eigenvalue weighted by atomic mass is 10.1. The topological polar surface area (TPSA) is 209 Å². The molecule has 0 aliphatic rings. The van der Waals surface area contributed by atoms with E-state index in [9.17, 15) is 28.8 Å². The van der Waals surface area contributed by atoms with Gasteiger partial charge in [-0.2, -0.15) is 0 Å². The zero-order chi connectivity index (χ0) is 24.2. The van der Waals surface area contributed by atoms with Gasteiger partial charge < -0.3 is 36.9 Å². The van der Waals surface area contributed by atoms with Gasteiger partial charge in [0.25, 0.3) is 0 Å². The van der Waals surface area contributed by atoms with Crippen molar-refractivity contribution in [1.82, 2.24) is 16.0 Å². The molecule has 0 heterocycles. The van der Waals surface area contributed by atoms with Crippen LogP contribution < -0.4 is 27.4 Å². The number of rotatable bonds is 12. The fraction of sp³-hybridized carbons (Fsp3) is 0.667. The highest BCUT2D eigenvalue weighted by Gasteiger charge is 2.29. The van der Waals surface area contributed by atoms with Gasteiger partial charge in [0.1, 0.15) is 24.2 Å². The SMILES string of the molecule is COC(=O)CNC(=O)[C@H](CCC(N)=O)NC(=O)[C@H](CCC(N)=O)NC(=O)OC(C)(C)C. The summed E-state index contributed by atoms with van der Waals surface area (Å²) >= 11 is 0. The summed E-state index contributed by atoms with van der Waals surface area (Å²) < 4.78 is 9.51. The van der Waals surface area contributed by atoms with Gasteiger partial charge in [-0.1, -0.05) is 0 Å². The van der Waals surface area contributed by atoms with Crippen LogP contribution in [0.15, 0.2) is 0 Å². The van der Waals surface area contributed by atoms with Gasteiger partial charge in [0.2, 0.25) is 23.6 Å². The molecule has 13 nitrogen and oxygen atoms in total. The average molecular weight is 445 g/mol. The van der Waals surface area contributed by atoms with E-state index in [2.05, 4.69) is 20.7 Å². The molecule has 0 rings (SSSR count). The summed E-state index contributed by atoms with van der Waals surface area (Å²) in [5.41, 5.74) is 9.37.